The summed E-state index contributed by atoms with van der Waals surface area (Å²) in [6.45, 7) is 0.587. The summed E-state index contributed by atoms with van der Waals surface area (Å²) in [6.07, 6.45) is 11.7. The zero-order chi connectivity index (χ0) is 16.5. The molecule has 6 heteroatoms. The van der Waals surface area contributed by atoms with Gasteiger partial charge in [0.2, 0.25) is 0 Å². The summed E-state index contributed by atoms with van der Waals surface area (Å²) in [5.74, 6) is 3.84. The maximum absolute atomic E-state index is 12.3. The van der Waals surface area contributed by atoms with E-state index in [-0.39, 0.29) is 5.97 Å². The molecule has 132 valence electrons. The molecule has 0 saturated heterocycles. The van der Waals surface area contributed by atoms with Crippen molar-refractivity contribution in [3.63, 3.8) is 0 Å². The van der Waals surface area contributed by atoms with Crippen LogP contribution in [-0.4, -0.2) is 12.6 Å². The fourth-order valence-corrected chi connectivity index (χ4v) is 5.91. The van der Waals surface area contributed by atoms with Gasteiger partial charge in [0.1, 0.15) is 0 Å². The zero-order valence-electron chi connectivity index (χ0n) is 13.6. The van der Waals surface area contributed by atoms with Crippen LogP contribution in [0.2, 0.25) is 0 Å². The van der Waals surface area contributed by atoms with Gasteiger partial charge in [0, 0.05) is 10.5 Å². The molecule has 4 bridgehead atoms. The molecule has 5 aliphatic rings. The number of ether oxygens (including phenoxy) is 1. The number of esters is 1. The monoisotopic (exact) mass is 351 g/mol. The Balaban J connectivity index is 1.30. The molecule has 0 atom stereocenters. The van der Waals surface area contributed by atoms with Crippen LogP contribution in [0.4, 0.5) is 0 Å². The lowest BCUT2D eigenvalue weighted by molar-refractivity contribution is -0.777. The summed E-state index contributed by atoms with van der Waals surface area (Å²) in [5.41, 5.74) is 0.700. The lowest BCUT2D eigenvalue weighted by Crippen LogP contribution is -2.46. The topological polar surface area (TPSA) is 67.8 Å². The van der Waals surface area contributed by atoms with Gasteiger partial charge in [-0.15, -0.1) is 0 Å². The molecule has 0 unspecified atom stereocenters. The van der Waals surface area contributed by atoms with E-state index >= 15 is 0 Å². The Hall–Kier alpha value is -0.820. The van der Waals surface area contributed by atoms with Crippen LogP contribution >= 0.6 is 12.0 Å². The molecule has 0 aliphatic heterocycles. The molecule has 0 heterocycles. The summed E-state index contributed by atoms with van der Waals surface area (Å²) in [5, 5.41) is 13.2. The Labute approximate surface area is 146 Å². The lowest BCUT2D eigenvalue weighted by Gasteiger charge is -2.54. The van der Waals surface area contributed by atoms with Crippen LogP contribution in [0.1, 0.15) is 44.9 Å². The number of hydrogen-bond acceptors (Lipinski definition) is 6. The van der Waals surface area contributed by atoms with E-state index < -0.39 is 0 Å². The molecule has 5 rings (SSSR count). The van der Waals surface area contributed by atoms with Crippen molar-refractivity contribution >= 4 is 18.0 Å². The van der Waals surface area contributed by atoms with Crippen LogP contribution in [0.5, 0.6) is 0 Å². The highest BCUT2D eigenvalue weighted by atomic mass is 32.2. The SMILES string of the molecule is O=C(OCC1C2CC3CC(C2)CC1C3)C1=CC=C(SOO[O-])CC1. The summed E-state index contributed by atoms with van der Waals surface area (Å²) in [6, 6.07) is 0. The van der Waals surface area contributed by atoms with E-state index in [1.165, 1.54) is 32.1 Å². The molecule has 5 nitrogen and oxygen atoms in total. The molecule has 5 aliphatic carbocycles. The van der Waals surface area contributed by atoms with Gasteiger partial charge in [-0.3, -0.25) is 5.04 Å². The molecule has 0 amide bonds. The lowest BCUT2D eigenvalue weighted by atomic mass is 9.52. The predicted octanol–water partition coefficient (Wildman–Crippen LogP) is 3.08. The highest BCUT2D eigenvalue weighted by Gasteiger charge is 2.48. The van der Waals surface area contributed by atoms with Gasteiger partial charge in [0.25, 0.3) is 0 Å². The van der Waals surface area contributed by atoms with Crippen LogP contribution in [0.3, 0.4) is 0 Å². The van der Waals surface area contributed by atoms with Crippen LogP contribution in [-0.2, 0) is 18.9 Å². The van der Waals surface area contributed by atoms with E-state index in [0.717, 1.165) is 40.6 Å². The van der Waals surface area contributed by atoms with Crippen molar-refractivity contribution < 1.29 is 24.2 Å². The Morgan fingerprint density at radius 3 is 2.38 bits per heavy atom. The molecule has 4 fully saturated rings. The molecule has 0 N–H and O–H groups in total. The van der Waals surface area contributed by atoms with E-state index in [0.29, 0.717) is 30.9 Å². The molecular formula is C18H23O5S-. The first kappa shape index (κ1) is 16.6. The first-order valence-electron chi connectivity index (χ1n) is 8.93. The molecule has 0 aromatic carbocycles. The number of hydrogen-bond donors (Lipinski definition) is 0. The van der Waals surface area contributed by atoms with Gasteiger partial charge >= 0.3 is 5.97 Å². The predicted molar refractivity (Wildman–Crippen MR) is 86.7 cm³/mol. The molecule has 0 spiro atoms. The van der Waals surface area contributed by atoms with E-state index in [1.807, 2.05) is 0 Å². The Morgan fingerprint density at radius 2 is 1.79 bits per heavy atom. The number of carbonyl (C=O) groups is 1. The first-order valence-corrected chi connectivity index (χ1v) is 9.67. The van der Waals surface area contributed by atoms with Crippen molar-refractivity contribution in [2.75, 3.05) is 6.61 Å². The molecule has 24 heavy (non-hydrogen) atoms. The van der Waals surface area contributed by atoms with Gasteiger partial charge < -0.3 is 9.99 Å². The van der Waals surface area contributed by atoms with Crippen LogP contribution in [0, 0.1) is 29.6 Å². The van der Waals surface area contributed by atoms with Crippen molar-refractivity contribution in [2.24, 2.45) is 29.6 Å². The molecule has 0 radical (unpaired) electrons. The maximum Gasteiger partial charge on any atom is 0.334 e. The van der Waals surface area contributed by atoms with E-state index in [4.69, 9.17) is 4.74 Å². The van der Waals surface area contributed by atoms with Gasteiger partial charge in [-0.25, -0.2) is 4.79 Å². The Bertz CT molecular complexity index is 528. The quantitative estimate of drug-likeness (QED) is 0.317. The van der Waals surface area contributed by atoms with Gasteiger partial charge in [-0.1, -0.05) is 6.08 Å². The Kier molecular flexibility index (Phi) is 4.99. The highest BCUT2D eigenvalue weighted by Crippen LogP contribution is 2.56. The van der Waals surface area contributed by atoms with Crippen LogP contribution in [0.15, 0.2) is 22.6 Å². The molecule has 4 saturated carbocycles. The van der Waals surface area contributed by atoms with Gasteiger partial charge in [0.15, 0.2) is 0 Å². The number of carbonyl (C=O) groups excluding carboxylic acids is 1. The normalized spacial score (nSPS) is 37.1. The van der Waals surface area contributed by atoms with Crippen LogP contribution < -0.4 is 5.26 Å². The minimum Gasteiger partial charge on any atom is -0.691 e. The summed E-state index contributed by atoms with van der Waals surface area (Å²) < 4.78 is 9.97. The minimum absolute atomic E-state index is 0.190. The van der Waals surface area contributed by atoms with E-state index in [2.05, 4.69) is 9.37 Å². The van der Waals surface area contributed by atoms with Crippen molar-refractivity contribution in [3.8, 4) is 0 Å². The van der Waals surface area contributed by atoms with E-state index in [9.17, 15) is 10.1 Å². The van der Waals surface area contributed by atoms with Crippen molar-refractivity contribution in [1.82, 2.24) is 0 Å². The standard InChI is InChI=1S/C18H24O5S/c19-18(13-1-3-16(4-2-13)24-23-22-20)21-10-17-14-6-11-5-12(8-14)9-15(17)7-11/h1,3,11-12,14-15,17,20H,2,4-10H2/p-1. The summed E-state index contributed by atoms with van der Waals surface area (Å²) in [7, 11) is 0. The highest BCUT2D eigenvalue weighted by molar-refractivity contribution is 7.98. The zero-order valence-corrected chi connectivity index (χ0v) is 14.5. The Morgan fingerprint density at radius 1 is 1.08 bits per heavy atom. The molecule has 0 aromatic heterocycles. The minimum atomic E-state index is -0.190. The van der Waals surface area contributed by atoms with Crippen molar-refractivity contribution in [3.05, 3.63) is 22.6 Å². The fraction of sp³-hybridized carbons (Fsp3) is 0.722. The number of rotatable bonds is 6. The van der Waals surface area contributed by atoms with E-state index in [1.54, 1.807) is 12.2 Å². The third-order valence-electron chi connectivity index (χ3n) is 6.37. The van der Waals surface area contributed by atoms with Gasteiger partial charge in [-0.05, 0) is 80.6 Å². The maximum atomic E-state index is 12.3. The number of allylic oxidation sites excluding steroid dienone is 3. The van der Waals surface area contributed by atoms with Crippen molar-refractivity contribution in [2.45, 2.75) is 44.9 Å². The first-order chi connectivity index (χ1) is 11.7. The second kappa shape index (κ2) is 7.20. The van der Waals surface area contributed by atoms with Gasteiger partial charge in [0.05, 0.1) is 18.6 Å². The fourth-order valence-electron chi connectivity index (χ4n) is 5.49. The molecule has 0 aromatic rings. The third kappa shape index (κ3) is 3.43. The second-order valence-electron chi connectivity index (χ2n) is 7.74. The second-order valence-corrected chi connectivity index (χ2v) is 8.56. The molecular weight excluding hydrogens is 328 g/mol. The average Bonchev–Trinajstić information content (AvgIpc) is 2.59. The van der Waals surface area contributed by atoms with Crippen LogP contribution in [0.25, 0.3) is 0 Å². The largest absolute Gasteiger partial charge is 0.691 e. The summed E-state index contributed by atoms with van der Waals surface area (Å²) in [4.78, 5) is 13.2. The summed E-state index contributed by atoms with van der Waals surface area (Å²) >= 11 is 0.892. The average molecular weight is 351 g/mol. The third-order valence-corrected chi connectivity index (χ3v) is 7.05. The van der Waals surface area contributed by atoms with Crippen molar-refractivity contribution in [1.29, 1.82) is 0 Å². The smallest absolute Gasteiger partial charge is 0.334 e. The van der Waals surface area contributed by atoms with Gasteiger partial charge in [-0.2, -0.15) is 4.33 Å².